The number of anilines is 1. The van der Waals surface area contributed by atoms with Crippen molar-refractivity contribution >= 4 is 48.9 Å². The van der Waals surface area contributed by atoms with E-state index in [1.165, 1.54) is 22.9 Å². The van der Waals surface area contributed by atoms with Gasteiger partial charge in [0.05, 0.1) is 27.5 Å². The molecule has 6 rings (SSSR count). The minimum atomic E-state index is -4.48. The SMILES string of the molecule is COS(=O)(=O)c1ccc2c(c1)C(C)(CCCC(=O)O)C(/C=C/C=C1\C=C(C(C)(C)C)Oc3c1cc1c4c3CCCN4CCC1)=[N+]2CCCS(=O)(=O)[O-]. The maximum Gasteiger partial charge on any atom is 0.303 e. The highest BCUT2D eigenvalue weighted by molar-refractivity contribution is 7.86. The summed E-state index contributed by atoms with van der Waals surface area (Å²) in [6.07, 6.45) is 12.8. The van der Waals surface area contributed by atoms with Gasteiger partial charge in [0.15, 0.2) is 5.71 Å². The lowest BCUT2D eigenvalue weighted by Crippen LogP contribution is -2.35. The zero-order chi connectivity index (χ0) is 37.6. The first kappa shape index (κ1) is 38.0. The molecule has 4 aliphatic rings. The fourth-order valence-electron chi connectivity index (χ4n) is 8.05. The van der Waals surface area contributed by atoms with Gasteiger partial charge >= 0.3 is 5.97 Å². The van der Waals surface area contributed by atoms with Crippen molar-refractivity contribution < 1.29 is 44.8 Å². The Morgan fingerprint density at radius 1 is 1.12 bits per heavy atom. The van der Waals surface area contributed by atoms with Crippen LogP contribution in [0.1, 0.15) is 88.5 Å². The summed E-state index contributed by atoms with van der Waals surface area (Å²) in [5, 5.41) is 9.49. The first-order valence-electron chi connectivity index (χ1n) is 17.9. The predicted molar refractivity (Wildman–Crippen MR) is 199 cm³/mol. The van der Waals surface area contributed by atoms with E-state index < -0.39 is 37.4 Å². The molecule has 1 unspecified atom stereocenters. The lowest BCUT2D eigenvalue weighted by molar-refractivity contribution is -0.437. The van der Waals surface area contributed by atoms with Gasteiger partial charge in [-0.15, -0.1) is 0 Å². The molecule has 2 aromatic carbocycles. The monoisotopic (exact) mass is 752 g/mol. The molecule has 0 saturated heterocycles. The molecule has 0 aromatic heterocycles. The van der Waals surface area contributed by atoms with E-state index in [-0.39, 0.29) is 29.7 Å². The second-order valence-electron chi connectivity index (χ2n) is 15.3. The Balaban J connectivity index is 1.49. The number of nitrogens with zero attached hydrogens (tertiary/aromatic N) is 2. The molecule has 13 heteroatoms. The fourth-order valence-corrected chi connectivity index (χ4v) is 9.22. The van der Waals surface area contributed by atoms with Crippen LogP contribution in [0.4, 0.5) is 11.4 Å². The van der Waals surface area contributed by atoms with Crippen molar-refractivity contribution in [3.63, 3.8) is 0 Å². The average molecular weight is 753 g/mol. The smallest absolute Gasteiger partial charge is 0.303 e. The van der Waals surface area contributed by atoms with E-state index in [2.05, 4.69) is 37.8 Å². The highest BCUT2D eigenvalue weighted by Gasteiger charge is 2.48. The van der Waals surface area contributed by atoms with Gasteiger partial charge in [0.2, 0.25) is 5.69 Å². The van der Waals surface area contributed by atoms with E-state index in [0.717, 1.165) is 74.2 Å². The zero-order valence-electron chi connectivity index (χ0n) is 30.5. The second kappa shape index (κ2) is 14.2. The Kier molecular flexibility index (Phi) is 10.4. The number of ether oxygens (including phenoxy) is 1. The van der Waals surface area contributed by atoms with Crippen LogP contribution in [-0.2, 0) is 47.5 Å². The normalized spacial score (nSPS) is 20.8. The van der Waals surface area contributed by atoms with Crippen LogP contribution in [0.3, 0.4) is 0 Å². The first-order chi connectivity index (χ1) is 24.4. The molecule has 1 atom stereocenters. The summed E-state index contributed by atoms with van der Waals surface area (Å²) < 4.78 is 73.8. The Bertz CT molecular complexity index is 2140. The molecular weight excluding hydrogens is 705 g/mol. The van der Waals surface area contributed by atoms with Gasteiger partial charge in [-0.25, -0.2) is 8.42 Å². The van der Waals surface area contributed by atoms with E-state index in [0.29, 0.717) is 24.1 Å². The predicted octanol–water partition coefficient (Wildman–Crippen LogP) is 6.23. The van der Waals surface area contributed by atoms with Crippen LogP contribution < -0.4 is 9.64 Å². The zero-order valence-corrected chi connectivity index (χ0v) is 32.2. The summed E-state index contributed by atoms with van der Waals surface area (Å²) in [7, 11) is -7.44. The van der Waals surface area contributed by atoms with E-state index >= 15 is 0 Å². The molecule has 0 fully saturated rings. The number of benzene rings is 2. The molecule has 0 spiro atoms. The summed E-state index contributed by atoms with van der Waals surface area (Å²) in [5.74, 6) is 0.257. The third-order valence-electron chi connectivity index (χ3n) is 10.6. The maximum absolute atomic E-state index is 12.8. The quantitative estimate of drug-likeness (QED) is 0.150. The molecule has 0 saturated carbocycles. The highest BCUT2D eigenvalue weighted by atomic mass is 32.2. The molecule has 0 aliphatic carbocycles. The van der Waals surface area contributed by atoms with Gasteiger partial charge < -0.3 is 19.3 Å². The standard InChI is InChI=1S/C39H48N2O9S2/c1-38(2,3)34-24-26(30-23-27-12-8-19-40-20-9-13-29(36(27)40)37(30)50-34)11-6-14-33-39(4,18-7-15-35(42)43)31-25-28(52(47,48)49-5)16-17-32(31)41(33)21-10-22-51(44,45)46/h6,11,14,16-17,23-25H,7-10,12-13,15,18-22H2,1-5H3,(H-,42,43,44,45,46). The number of carboxylic acids is 1. The van der Waals surface area contributed by atoms with Crippen molar-refractivity contribution in [2.24, 2.45) is 5.41 Å². The van der Waals surface area contributed by atoms with Crippen LogP contribution in [0, 0.1) is 5.41 Å². The molecule has 11 nitrogen and oxygen atoms in total. The van der Waals surface area contributed by atoms with Crippen molar-refractivity contribution in [1.29, 1.82) is 0 Å². The fraction of sp³-hybridized carbons (Fsp3) is 0.487. The average Bonchev–Trinajstić information content (AvgIpc) is 3.30. The van der Waals surface area contributed by atoms with Gasteiger partial charge in [0.25, 0.3) is 10.1 Å². The van der Waals surface area contributed by atoms with Crippen LogP contribution in [0.5, 0.6) is 5.75 Å². The van der Waals surface area contributed by atoms with E-state index in [9.17, 15) is 31.3 Å². The highest BCUT2D eigenvalue weighted by Crippen LogP contribution is 2.49. The Labute approximate surface area is 307 Å². The Hall–Kier alpha value is -3.78. The van der Waals surface area contributed by atoms with E-state index in [4.69, 9.17) is 8.92 Å². The minimum absolute atomic E-state index is 0.0420. The number of carboxylic acid groups (broad SMARTS) is 1. The number of hydrogen-bond donors (Lipinski definition) is 1. The number of fused-ring (bicyclic) bond motifs is 3. The van der Waals surface area contributed by atoms with Crippen LogP contribution >= 0.6 is 0 Å². The number of allylic oxidation sites excluding steroid dienone is 6. The Morgan fingerprint density at radius 3 is 2.52 bits per heavy atom. The second-order valence-corrected chi connectivity index (χ2v) is 18.5. The molecular formula is C39H48N2O9S2. The Morgan fingerprint density at radius 2 is 1.85 bits per heavy atom. The van der Waals surface area contributed by atoms with Crippen LogP contribution in [0.15, 0.2) is 59.2 Å². The molecule has 52 heavy (non-hydrogen) atoms. The number of rotatable bonds is 12. The van der Waals surface area contributed by atoms with Crippen molar-refractivity contribution in [2.45, 2.75) is 89.4 Å². The van der Waals surface area contributed by atoms with Crippen molar-refractivity contribution in [1.82, 2.24) is 0 Å². The van der Waals surface area contributed by atoms with Gasteiger partial charge in [0.1, 0.15) is 18.1 Å². The van der Waals surface area contributed by atoms with Crippen LogP contribution in [-0.4, -0.2) is 75.2 Å². The van der Waals surface area contributed by atoms with Crippen molar-refractivity contribution in [2.75, 3.05) is 37.4 Å². The molecule has 280 valence electrons. The third kappa shape index (κ3) is 7.50. The number of hydrogen-bond acceptors (Lipinski definition) is 9. The van der Waals surface area contributed by atoms with Crippen molar-refractivity contribution in [3.8, 4) is 5.75 Å². The van der Waals surface area contributed by atoms with Crippen LogP contribution in [0.2, 0.25) is 0 Å². The summed E-state index contributed by atoms with van der Waals surface area (Å²) in [6, 6.07) is 6.92. The van der Waals surface area contributed by atoms with Gasteiger partial charge in [-0.2, -0.15) is 13.0 Å². The summed E-state index contributed by atoms with van der Waals surface area (Å²) in [4.78, 5) is 14.0. The molecule has 4 heterocycles. The molecule has 0 radical (unpaired) electrons. The molecule has 4 aliphatic heterocycles. The number of aliphatic carboxylic acids is 1. The molecule has 0 bridgehead atoms. The number of aryl methyl sites for hydroxylation is 1. The largest absolute Gasteiger partial charge is 0.748 e. The third-order valence-corrected chi connectivity index (χ3v) is 12.7. The minimum Gasteiger partial charge on any atom is -0.748 e. The molecule has 0 amide bonds. The summed E-state index contributed by atoms with van der Waals surface area (Å²) >= 11 is 0. The first-order valence-corrected chi connectivity index (χ1v) is 20.9. The number of carbonyl (C=O) groups is 1. The van der Waals surface area contributed by atoms with E-state index in [1.807, 2.05) is 29.7 Å². The van der Waals surface area contributed by atoms with Gasteiger partial charge in [-0.1, -0.05) is 32.9 Å². The van der Waals surface area contributed by atoms with Gasteiger partial charge in [-0.05, 0) is 80.9 Å². The van der Waals surface area contributed by atoms with Crippen molar-refractivity contribution in [3.05, 3.63) is 76.6 Å². The molecule has 1 N–H and O–H groups in total. The lowest BCUT2D eigenvalue weighted by atomic mass is 9.75. The van der Waals surface area contributed by atoms with Gasteiger partial charge in [0, 0.05) is 71.6 Å². The maximum atomic E-state index is 12.8. The van der Waals surface area contributed by atoms with Crippen LogP contribution in [0.25, 0.3) is 5.57 Å². The summed E-state index contributed by atoms with van der Waals surface area (Å²) in [5.41, 5.74) is 6.86. The summed E-state index contributed by atoms with van der Waals surface area (Å²) in [6.45, 7) is 10.6. The topological polar surface area (TPSA) is 153 Å². The molecule has 2 aromatic rings. The lowest BCUT2D eigenvalue weighted by Gasteiger charge is -2.40. The van der Waals surface area contributed by atoms with E-state index in [1.54, 1.807) is 12.1 Å². The van der Waals surface area contributed by atoms with Gasteiger partial charge in [-0.3, -0.25) is 8.98 Å².